The second kappa shape index (κ2) is 4.32. The van der Waals surface area contributed by atoms with Gasteiger partial charge in [0.2, 0.25) is 0 Å². The van der Waals surface area contributed by atoms with Crippen LogP contribution >= 0.6 is 0 Å². The van der Waals surface area contributed by atoms with E-state index in [1.54, 1.807) is 0 Å². The number of halogens is 2. The number of aliphatic hydroxyl groups excluding tert-OH is 1. The molecule has 3 nitrogen and oxygen atoms in total. The Hall–Kier alpha value is -1.88. The first-order valence-electron chi connectivity index (χ1n) is 4.57. The van der Waals surface area contributed by atoms with Crippen molar-refractivity contribution in [3.05, 3.63) is 59.7 Å². The summed E-state index contributed by atoms with van der Waals surface area (Å²) in [7, 11) is 0. The van der Waals surface area contributed by atoms with E-state index in [0.29, 0.717) is 5.69 Å². The van der Waals surface area contributed by atoms with Gasteiger partial charge < -0.3 is 5.11 Å². The highest BCUT2D eigenvalue weighted by Crippen LogP contribution is 2.21. The molecule has 0 spiro atoms. The van der Waals surface area contributed by atoms with Crippen molar-refractivity contribution in [1.82, 2.24) is 9.97 Å². The number of rotatable bonds is 2. The fourth-order valence-corrected chi connectivity index (χ4v) is 1.37. The largest absolute Gasteiger partial charge is 0.382 e. The van der Waals surface area contributed by atoms with E-state index in [2.05, 4.69) is 9.97 Å². The maximum Gasteiger partial charge on any atom is 0.126 e. The molecule has 0 saturated carbocycles. The topological polar surface area (TPSA) is 46.0 Å². The van der Waals surface area contributed by atoms with Crippen molar-refractivity contribution in [2.24, 2.45) is 0 Å². The molecule has 1 aromatic heterocycles. The third-order valence-corrected chi connectivity index (χ3v) is 2.09. The van der Waals surface area contributed by atoms with Crippen LogP contribution in [-0.4, -0.2) is 15.1 Å². The fraction of sp³-hybridized carbons (Fsp3) is 0.0909. The third-order valence-electron chi connectivity index (χ3n) is 2.09. The summed E-state index contributed by atoms with van der Waals surface area (Å²) in [5, 5.41) is 9.82. The highest BCUT2D eigenvalue weighted by Gasteiger charge is 2.13. The van der Waals surface area contributed by atoms with Crippen LogP contribution < -0.4 is 0 Å². The van der Waals surface area contributed by atoms with Crippen LogP contribution in [-0.2, 0) is 0 Å². The second-order valence-electron chi connectivity index (χ2n) is 3.24. The number of aliphatic hydroxyl groups is 1. The molecular formula is C11H8F2N2O. The predicted molar refractivity (Wildman–Crippen MR) is 52.5 cm³/mol. The van der Waals surface area contributed by atoms with Crippen LogP contribution in [0.25, 0.3) is 0 Å². The summed E-state index contributed by atoms with van der Waals surface area (Å²) >= 11 is 0. The molecule has 0 fully saturated rings. The Morgan fingerprint density at radius 2 is 1.81 bits per heavy atom. The molecule has 1 atom stereocenters. The van der Waals surface area contributed by atoms with E-state index in [1.807, 2.05) is 0 Å². The Kier molecular flexibility index (Phi) is 2.87. The molecule has 0 bridgehead atoms. The zero-order valence-electron chi connectivity index (χ0n) is 8.14. The minimum atomic E-state index is -1.16. The van der Waals surface area contributed by atoms with Gasteiger partial charge in [0.15, 0.2) is 0 Å². The molecule has 1 heterocycles. The summed E-state index contributed by atoms with van der Waals surface area (Å²) in [6.07, 6.45) is 1.54. The molecule has 0 saturated heterocycles. The molecule has 1 aromatic carbocycles. The summed E-state index contributed by atoms with van der Waals surface area (Å²) in [5.41, 5.74) is 0.413. The molecule has 0 radical (unpaired) electrons. The lowest BCUT2D eigenvalue weighted by Crippen LogP contribution is -2.03. The van der Waals surface area contributed by atoms with Crippen LogP contribution in [0.5, 0.6) is 0 Å². The van der Waals surface area contributed by atoms with Gasteiger partial charge in [-0.15, -0.1) is 0 Å². The first-order valence-corrected chi connectivity index (χ1v) is 4.57. The van der Waals surface area contributed by atoms with Crippen LogP contribution in [0.2, 0.25) is 0 Å². The van der Waals surface area contributed by atoms with Gasteiger partial charge in [0, 0.05) is 12.3 Å². The smallest absolute Gasteiger partial charge is 0.126 e. The van der Waals surface area contributed by atoms with Gasteiger partial charge in [0.1, 0.15) is 24.1 Å². The van der Waals surface area contributed by atoms with Crippen LogP contribution in [0.1, 0.15) is 17.4 Å². The van der Waals surface area contributed by atoms with E-state index in [0.717, 1.165) is 18.2 Å². The summed E-state index contributed by atoms with van der Waals surface area (Å²) in [6.45, 7) is 0. The zero-order chi connectivity index (χ0) is 11.5. The van der Waals surface area contributed by atoms with Gasteiger partial charge in [0.25, 0.3) is 0 Å². The Labute approximate surface area is 90.4 Å². The molecule has 5 heteroatoms. The number of aromatic nitrogens is 2. The third kappa shape index (κ3) is 2.20. The van der Waals surface area contributed by atoms with E-state index < -0.39 is 17.7 Å². The van der Waals surface area contributed by atoms with E-state index in [1.165, 1.54) is 18.6 Å². The van der Waals surface area contributed by atoms with Crippen molar-refractivity contribution in [2.45, 2.75) is 6.10 Å². The van der Waals surface area contributed by atoms with Crippen molar-refractivity contribution < 1.29 is 13.9 Å². The molecule has 1 N–H and O–H groups in total. The second-order valence-corrected chi connectivity index (χ2v) is 3.24. The van der Waals surface area contributed by atoms with Crippen molar-refractivity contribution in [3.8, 4) is 0 Å². The Morgan fingerprint density at radius 3 is 2.38 bits per heavy atom. The van der Waals surface area contributed by atoms with Gasteiger partial charge in [0.05, 0.1) is 5.69 Å². The lowest BCUT2D eigenvalue weighted by atomic mass is 10.1. The minimum absolute atomic E-state index is 0.121. The van der Waals surface area contributed by atoms with E-state index in [4.69, 9.17) is 0 Å². The van der Waals surface area contributed by atoms with Crippen molar-refractivity contribution in [3.63, 3.8) is 0 Å². The lowest BCUT2D eigenvalue weighted by molar-refractivity contribution is 0.214. The van der Waals surface area contributed by atoms with Gasteiger partial charge in [-0.05, 0) is 23.8 Å². The molecule has 1 unspecified atom stereocenters. The number of hydrogen-bond acceptors (Lipinski definition) is 3. The van der Waals surface area contributed by atoms with Gasteiger partial charge >= 0.3 is 0 Å². The van der Waals surface area contributed by atoms with E-state index in [-0.39, 0.29) is 5.56 Å². The molecule has 2 aromatic rings. The van der Waals surface area contributed by atoms with Crippen molar-refractivity contribution >= 4 is 0 Å². The SMILES string of the molecule is OC(c1cc(F)cc(F)c1)c1ccncn1. The summed E-state index contributed by atoms with van der Waals surface area (Å²) < 4.78 is 25.8. The standard InChI is InChI=1S/C11H8F2N2O/c12-8-3-7(4-9(13)5-8)11(16)10-1-2-14-6-15-10/h1-6,11,16H. The summed E-state index contributed by atoms with van der Waals surface area (Å²) in [4.78, 5) is 7.49. The van der Waals surface area contributed by atoms with Crippen LogP contribution in [0.15, 0.2) is 36.8 Å². The average Bonchev–Trinajstić information content (AvgIpc) is 2.28. The molecule has 2 rings (SSSR count). The van der Waals surface area contributed by atoms with Gasteiger partial charge in [-0.1, -0.05) is 0 Å². The number of hydrogen-bond donors (Lipinski definition) is 1. The molecule has 82 valence electrons. The molecule has 0 amide bonds. The first-order chi connectivity index (χ1) is 7.66. The maximum absolute atomic E-state index is 12.9. The Balaban J connectivity index is 2.37. The van der Waals surface area contributed by atoms with Crippen LogP contribution in [0.3, 0.4) is 0 Å². The average molecular weight is 222 g/mol. The van der Waals surface area contributed by atoms with Gasteiger partial charge in [-0.25, -0.2) is 18.7 Å². The number of benzene rings is 1. The van der Waals surface area contributed by atoms with Crippen molar-refractivity contribution in [2.75, 3.05) is 0 Å². The molecule has 16 heavy (non-hydrogen) atoms. The molecule has 0 aliphatic carbocycles. The van der Waals surface area contributed by atoms with Crippen LogP contribution in [0.4, 0.5) is 8.78 Å². The van der Waals surface area contributed by atoms with Crippen LogP contribution in [0, 0.1) is 11.6 Å². The molecule has 0 aliphatic heterocycles. The Morgan fingerprint density at radius 1 is 1.12 bits per heavy atom. The van der Waals surface area contributed by atoms with Gasteiger partial charge in [-0.3, -0.25) is 0 Å². The maximum atomic E-state index is 12.9. The van der Waals surface area contributed by atoms with Crippen molar-refractivity contribution in [1.29, 1.82) is 0 Å². The minimum Gasteiger partial charge on any atom is -0.382 e. The monoisotopic (exact) mass is 222 g/mol. The normalized spacial score (nSPS) is 12.4. The quantitative estimate of drug-likeness (QED) is 0.843. The zero-order valence-corrected chi connectivity index (χ0v) is 8.14. The highest BCUT2D eigenvalue weighted by atomic mass is 19.1. The Bertz CT molecular complexity index is 470. The molecule has 0 aliphatic rings. The summed E-state index contributed by atoms with van der Waals surface area (Å²) in [5.74, 6) is -1.47. The molecular weight excluding hydrogens is 214 g/mol. The predicted octanol–water partition coefficient (Wildman–Crippen LogP) is 1.84. The van der Waals surface area contributed by atoms with E-state index >= 15 is 0 Å². The first kappa shape index (κ1) is 10.6. The fourth-order valence-electron chi connectivity index (χ4n) is 1.37. The number of nitrogens with zero attached hydrogens (tertiary/aromatic N) is 2. The van der Waals surface area contributed by atoms with E-state index in [9.17, 15) is 13.9 Å². The summed E-state index contributed by atoms with van der Waals surface area (Å²) in [6, 6.07) is 4.36. The lowest BCUT2D eigenvalue weighted by Gasteiger charge is -2.10. The highest BCUT2D eigenvalue weighted by molar-refractivity contribution is 5.26. The van der Waals surface area contributed by atoms with Gasteiger partial charge in [-0.2, -0.15) is 0 Å².